The zero-order valence-corrected chi connectivity index (χ0v) is 13.0. The Balaban J connectivity index is 2.20. The molecule has 0 amide bonds. The van der Waals surface area contributed by atoms with Crippen molar-refractivity contribution in [3.8, 4) is 0 Å². The van der Waals surface area contributed by atoms with Crippen LogP contribution in [0, 0.1) is 0 Å². The van der Waals surface area contributed by atoms with Crippen molar-refractivity contribution >= 4 is 23.2 Å². The highest BCUT2D eigenvalue weighted by molar-refractivity contribution is 6.35. The summed E-state index contributed by atoms with van der Waals surface area (Å²) in [7, 11) is 2.14. The van der Waals surface area contributed by atoms with E-state index in [4.69, 9.17) is 28.9 Å². The molecular formula is C14H21Cl2N3. The van der Waals surface area contributed by atoms with Crippen LogP contribution in [0.4, 0.5) is 0 Å². The van der Waals surface area contributed by atoms with E-state index in [1.807, 2.05) is 18.2 Å². The lowest BCUT2D eigenvalue weighted by molar-refractivity contribution is 0.0621. The first-order valence-electron chi connectivity index (χ1n) is 6.62. The first-order chi connectivity index (χ1) is 9.02. The zero-order chi connectivity index (χ0) is 14.0. The highest BCUT2D eigenvalue weighted by atomic mass is 35.5. The van der Waals surface area contributed by atoms with E-state index < -0.39 is 0 Å². The molecule has 3 nitrogen and oxygen atoms in total. The van der Waals surface area contributed by atoms with Gasteiger partial charge in [-0.1, -0.05) is 29.3 Å². The summed E-state index contributed by atoms with van der Waals surface area (Å²) in [5.74, 6) is 0. The molecule has 5 heteroatoms. The Kier molecular flexibility index (Phi) is 5.09. The lowest BCUT2D eigenvalue weighted by Gasteiger charge is -2.43. The van der Waals surface area contributed by atoms with Crippen LogP contribution in [0.5, 0.6) is 0 Å². The first-order valence-corrected chi connectivity index (χ1v) is 7.37. The fourth-order valence-corrected chi connectivity index (χ4v) is 3.33. The Morgan fingerprint density at radius 1 is 1.37 bits per heavy atom. The van der Waals surface area contributed by atoms with Crippen molar-refractivity contribution in [1.29, 1.82) is 0 Å². The summed E-state index contributed by atoms with van der Waals surface area (Å²) in [5, 5.41) is 1.41. The minimum absolute atomic E-state index is 0.256. The van der Waals surface area contributed by atoms with Crippen molar-refractivity contribution < 1.29 is 0 Å². The van der Waals surface area contributed by atoms with Crippen LogP contribution in [-0.4, -0.2) is 49.1 Å². The fraction of sp³-hybridized carbons (Fsp3) is 0.571. The van der Waals surface area contributed by atoms with Gasteiger partial charge >= 0.3 is 0 Å². The molecule has 19 heavy (non-hydrogen) atoms. The third-order valence-corrected chi connectivity index (χ3v) is 4.48. The molecule has 0 aliphatic carbocycles. The number of nitrogens with two attached hydrogens (primary N) is 1. The maximum absolute atomic E-state index is 6.31. The lowest BCUT2D eigenvalue weighted by Crippen LogP contribution is -2.55. The monoisotopic (exact) mass is 301 g/mol. The number of hydrogen-bond acceptors (Lipinski definition) is 3. The van der Waals surface area contributed by atoms with E-state index in [1.165, 1.54) is 0 Å². The highest BCUT2D eigenvalue weighted by Crippen LogP contribution is 2.31. The van der Waals surface area contributed by atoms with Gasteiger partial charge in [0, 0.05) is 48.3 Å². The van der Waals surface area contributed by atoms with Gasteiger partial charge in [-0.25, -0.2) is 0 Å². The summed E-state index contributed by atoms with van der Waals surface area (Å²) in [5.41, 5.74) is 7.03. The summed E-state index contributed by atoms with van der Waals surface area (Å²) < 4.78 is 0. The van der Waals surface area contributed by atoms with Crippen LogP contribution in [0.15, 0.2) is 18.2 Å². The smallest absolute Gasteiger partial charge is 0.0468 e. The summed E-state index contributed by atoms with van der Waals surface area (Å²) in [6.07, 6.45) is 0. The van der Waals surface area contributed by atoms with Gasteiger partial charge in [0.1, 0.15) is 0 Å². The van der Waals surface area contributed by atoms with Gasteiger partial charge in [0.2, 0.25) is 0 Å². The molecule has 1 aromatic rings. The molecule has 106 valence electrons. The zero-order valence-electron chi connectivity index (χ0n) is 11.4. The van der Waals surface area contributed by atoms with Crippen molar-refractivity contribution in [1.82, 2.24) is 9.80 Å². The van der Waals surface area contributed by atoms with Crippen LogP contribution in [-0.2, 0) is 0 Å². The second kappa shape index (κ2) is 6.42. The van der Waals surface area contributed by atoms with E-state index >= 15 is 0 Å². The number of piperazine rings is 1. The summed E-state index contributed by atoms with van der Waals surface area (Å²) in [4.78, 5) is 4.76. The predicted octanol–water partition coefficient (Wildman–Crippen LogP) is 2.63. The molecule has 0 aromatic heterocycles. The maximum Gasteiger partial charge on any atom is 0.0468 e. The topological polar surface area (TPSA) is 32.5 Å². The molecule has 1 aliphatic rings. The predicted molar refractivity (Wildman–Crippen MR) is 81.9 cm³/mol. The van der Waals surface area contributed by atoms with E-state index in [0.29, 0.717) is 17.6 Å². The lowest BCUT2D eigenvalue weighted by atomic mass is 10.0. The van der Waals surface area contributed by atoms with Crippen LogP contribution in [0.1, 0.15) is 18.5 Å². The molecular weight excluding hydrogens is 281 g/mol. The molecule has 1 heterocycles. The largest absolute Gasteiger partial charge is 0.329 e. The van der Waals surface area contributed by atoms with E-state index in [2.05, 4.69) is 23.8 Å². The number of nitrogens with zero attached hydrogens (tertiary/aromatic N) is 2. The quantitative estimate of drug-likeness (QED) is 0.931. The van der Waals surface area contributed by atoms with Gasteiger partial charge in [0.15, 0.2) is 0 Å². The number of rotatable bonds is 3. The highest BCUT2D eigenvalue weighted by Gasteiger charge is 2.29. The number of likely N-dealkylation sites (N-methyl/N-ethyl adjacent to an activating group) is 1. The molecule has 1 saturated heterocycles. The van der Waals surface area contributed by atoms with Crippen LogP contribution >= 0.6 is 23.2 Å². The third-order valence-electron chi connectivity index (χ3n) is 3.91. The molecule has 0 radical (unpaired) electrons. The van der Waals surface area contributed by atoms with Gasteiger partial charge in [-0.2, -0.15) is 0 Å². The Hall–Kier alpha value is -0.320. The van der Waals surface area contributed by atoms with Gasteiger partial charge in [0.05, 0.1) is 0 Å². The Bertz CT molecular complexity index is 439. The molecule has 1 aromatic carbocycles. The molecule has 0 saturated carbocycles. The van der Waals surface area contributed by atoms with Gasteiger partial charge in [0.25, 0.3) is 0 Å². The van der Waals surface area contributed by atoms with Crippen LogP contribution in [0.25, 0.3) is 0 Å². The molecule has 1 fully saturated rings. The summed E-state index contributed by atoms with van der Waals surface area (Å²) in [6, 6.07) is 6.35. The third kappa shape index (κ3) is 3.41. The van der Waals surface area contributed by atoms with Crippen LogP contribution in [0.3, 0.4) is 0 Å². The maximum atomic E-state index is 6.31. The van der Waals surface area contributed by atoms with Crippen molar-refractivity contribution in [2.24, 2.45) is 5.73 Å². The van der Waals surface area contributed by atoms with Crippen LogP contribution in [0.2, 0.25) is 10.0 Å². The Morgan fingerprint density at radius 3 is 2.74 bits per heavy atom. The normalized spacial score (nSPS) is 23.5. The average Bonchev–Trinajstić information content (AvgIpc) is 2.37. The molecule has 2 unspecified atom stereocenters. The fourth-order valence-electron chi connectivity index (χ4n) is 2.76. The molecule has 0 bridgehead atoms. The minimum Gasteiger partial charge on any atom is -0.329 e. The average molecular weight is 302 g/mol. The van der Waals surface area contributed by atoms with E-state index in [1.54, 1.807) is 0 Å². The van der Waals surface area contributed by atoms with E-state index in [9.17, 15) is 0 Å². The molecule has 1 aliphatic heterocycles. The first kappa shape index (κ1) is 15.1. The van der Waals surface area contributed by atoms with E-state index in [0.717, 1.165) is 30.2 Å². The standard InChI is InChI=1S/C14H21Cl2N3/c1-10(13-4-3-11(15)7-14(13)16)19-6-5-18(2)9-12(19)8-17/h3-4,7,10,12H,5-6,8-9,17H2,1-2H3. The second-order valence-electron chi connectivity index (χ2n) is 5.23. The van der Waals surface area contributed by atoms with Gasteiger partial charge in [-0.3, -0.25) is 4.90 Å². The number of benzene rings is 1. The molecule has 2 atom stereocenters. The van der Waals surface area contributed by atoms with Gasteiger partial charge in [-0.05, 0) is 31.7 Å². The Morgan fingerprint density at radius 2 is 2.11 bits per heavy atom. The SMILES string of the molecule is CC(c1ccc(Cl)cc1Cl)N1CCN(C)CC1CN. The van der Waals surface area contributed by atoms with Gasteiger partial charge < -0.3 is 10.6 Å². The van der Waals surface area contributed by atoms with Gasteiger partial charge in [-0.15, -0.1) is 0 Å². The van der Waals surface area contributed by atoms with Crippen molar-refractivity contribution in [2.45, 2.75) is 19.0 Å². The number of hydrogen-bond donors (Lipinski definition) is 1. The summed E-state index contributed by atoms with van der Waals surface area (Å²) in [6.45, 7) is 5.93. The molecule has 2 rings (SSSR count). The summed E-state index contributed by atoms with van der Waals surface area (Å²) >= 11 is 12.3. The van der Waals surface area contributed by atoms with Crippen molar-refractivity contribution in [3.05, 3.63) is 33.8 Å². The minimum atomic E-state index is 0.256. The van der Waals surface area contributed by atoms with Crippen LogP contribution < -0.4 is 5.73 Å². The van der Waals surface area contributed by atoms with Crippen molar-refractivity contribution in [3.63, 3.8) is 0 Å². The number of halogens is 2. The van der Waals surface area contributed by atoms with E-state index in [-0.39, 0.29) is 6.04 Å². The second-order valence-corrected chi connectivity index (χ2v) is 6.08. The van der Waals surface area contributed by atoms with Crippen molar-refractivity contribution in [2.75, 3.05) is 33.2 Å². The molecule has 2 N–H and O–H groups in total. The molecule has 0 spiro atoms. The Labute approximate surface area is 125 Å².